The van der Waals surface area contributed by atoms with Crippen LogP contribution in [0.1, 0.15) is 35.5 Å². The highest BCUT2D eigenvalue weighted by molar-refractivity contribution is 6.07. The van der Waals surface area contributed by atoms with Crippen LogP contribution in [0.5, 0.6) is 0 Å². The fourth-order valence-electron chi connectivity index (χ4n) is 3.21. The molecule has 4 heteroatoms. The van der Waals surface area contributed by atoms with Gasteiger partial charge in [-0.05, 0) is 69.7 Å². The lowest BCUT2D eigenvalue weighted by atomic mass is 10.1. The molecular formula is C21H25N3O. The Kier molecular flexibility index (Phi) is 4.79. The van der Waals surface area contributed by atoms with Gasteiger partial charge in [0.25, 0.3) is 5.91 Å². The van der Waals surface area contributed by atoms with Crippen molar-refractivity contribution in [2.45, 2.75) is 27.7 Å². The summed E-state index contributed by atoms with van der Waals surface area (Å²) in [5.41, 5.74) is 5.75. The quantitative estimate of drug-likeness (QED) is 0.698. The Bertz CT molecular complexity index is 889. The third-order valence-corrected chi connectivity index (χ3v) is 4.69. The molecule has 0 unspecified atom stereocenters. The molecule has 3 rings (SSSR count). The second kappa shape index (κ2) is 7.01. The number of amides is 1. The van der Waals surface area contributed by atoms with E-state index in [1.54, 1.807) is 0 Å². The smallest absolute Gasteiger partial charge is 0.272 e. The Balaban J connectivity index is 1.81. The zero-order valence-electron chi connectivity index (χ0n) is 15.3. The second-order valence-electron chi connectivity index (χ2n) is 6.35. The Labute approximate surface area is 148 Å². The summed E-state index contributed by atoms with van der Waals surface area (Å²) < 4.78 is 0. The molecule has 1 amide bonds. The Hall–Kier alpha value is -2.75. The SMILES string of the molecule is CCN(CC)c1ccc(NC(=O)c2[nH]c3ccc(C)cc3c2C)cc1. The van der Waals surface area contributed by atoms with Crippen LogP contribution in [0.2, 0.25) is 0 Å². The summed E-state index contributed by atoms with van der Waals surface area (Å²) in [5, 5.41) is 4.09. The summed E-state index contributed by atoms with van der Waals surface area (Å²) in [7, 11) is 0. The predicted octanol–water partition coefficient (Wildman–Crippen LogP) is 4.88. The van der Waals surface area contributed by atoms with Crippen LogP contribution in [0.4, 0.5) is 11.4 Å². The van der Waals surface area contributed by atoms with Gasteiger partial charge in [-0.25, -0.2) is 0 Å². The van der Waals surface area contributed by atoms with Crippen molar-refractivity contribution in [2.75, 3.05) is 23.3 Å². The van der Waals surface area contributed by atoms with E-state index >= 15 is 0 Å². The fraction of sp³-hybridized carbons (Fsp3) is 0.286. The molecule has 0 aliphatic heterocycles. The largest absolute Gasteiger partial charge is 0.372 e. The first-order valence-corrected chi connectivity index (χ1v) is 8.78. The van der Waals surface area contributed by atoms with Crippen molar-refractivity contribution >= 4 is 28.2 Å². The molecule has 1 aromatic heterocycles. The lowest BCUT2D eigenvalue weighted by Crippen LogP contribution is -2.21. The molecule has 1 heterocycles. The molecule has 0 aliphatic rings. The predicted molar refractivity (Wildman–Crippen MR) is 106 cm³/mol. The van der Waals surface area contributed by atoms with E-state index in [2.05, 4.69) is 42.0 Å². The molecule has 4 nitrogen and oxygen atoms in total. The van der Waals surface area contributed by atoms with Gasteiger partial charge in [0.05, 0.1) is 0 Å². The summed E-state index contributed by atoms with van der Waals surface area (Å²) in [5.74, 6) is -0.109. The van der Waals surface area contributed by atoms with Crippen molar-refractivity contribution in [3.8, 4) is 0 Å². The van der Waals surface area contributed by atoms with Gasteiger partial charge in [-0.3, -0.25) is 4.79 Å². The maximum absolute atomic E-state index is 12.7. The van der Waals surface area contributed by atoms with Crippen molar-refractivity contribution in [3.05, 3.63) is 59.3 Å². The number of carbonyl (C=O) groups excluding carboxylic acids is 1. The number of nitrogens with zero attached hydrogens (tertiary/aromatic N) is 1. The Morgan fingerprint density at radius 1 is 1.04 bits per heavy atom. The van der Waals surface area contributed by atoms with Crippen molar-refractivity contribution in [1.82, 2.24) is 4.98 Å². The number of fused-ring (bicyclic) bond motifs is 1. The van der Waals surface area contributed by atoms with E-state index in [1.165, 1.54) is 11.3 Å². The molecule has 0 saturated carbocycles. The first-order valence-electron chi connectivity index (χ1n) is 8.78. The highest BCUT2D eigenvalue weighted by Gasteiger charge is 2.15. The number of carbonyl (C=O) groups is 1. The zero-order valence-corrected chi connectivity index (χ0v) is 15.3. The summed E-state index contributed by atoms with van der Waals surface area (Å²) in [6, 6.07) is 14.2. The van der Waals surface area contributed by atoms with Crippen molar-refractivity contribution in [3.63, 3.8) is 0 Å². The number of hydrogen-bond donors (Lipinski definition) is 2. The minimum atomic E-state index is -0.109. The zero-order chi connectivity index (χ0) is 18.0. The number of aromatic nitrogens is 1. The Morgan fingerprint density at radius 2 is 1.72 bits per heavy atom. The summed E-state index contributed by atoms with van der Waals surface area (Å²) in [6.45, 7) is 10.3. The van der Waals surface area contributed by atoms with Crippen molar-refractivity contribution in [1.29, 1.82) is 0 Å². The standard InChI is InChI=1S/C21H25N3O/c1-5-24(6-2)17-10-8-16(9-11-17)22-21(25)20-15(4)18-13-14(3)7-12-19(18)23-20/h7-13,23H,5-6H2,1-4H3,(H,22,25). The third kappa shape index (κ3) is 3.38. The second-order valence-corrected chi connectivity index (χ2v) is 6.35. The normalized spacial score (nSPS) is 10.9. The van der Waals surface area contributed by atoms with Gasteiger partial charge in [-0.15, -0.1) is 0 Å². The van der Waals surface area contributed by atoms with Crippen LogP contribution >= 0.6 is 0 Å². The molecule has 0 saturated heterocycles. The molecule has 0 fully saturated rings. The fourth-order valence-corrected chi connectivity index (χ4v) is 3.21. The number of aryl methyl sites for hydroxylation is 2. The van der Waals surface area contributed by atoms with Crippen LogP contribution in [0.25, 0.3) is 10.9 Å². The number of anilines is 2. The van der Waals surface area contributed by atoms with Gasteiger partial charge in [-0.1, -0.05) is 11.6 Å². The number of aromatic amines is 1. The van der Waals surface area contributed by atoms with E-state index in [1.807, 2.05) is 43.3 Å². The minimum absolute atomic E-state index is 0.109. The molecule has 0 bridgehead atoms. The number of rotatable bonds is 5. The molecule has 25 heavy (non-hydrogen) atoms. The first kappa shape index (κ1) is 17.1. The lowest BCUT2D eigenvalue weighted by Gasteiger charge is -2.21. The van der Waals surface area contributed by atoms with E-state index in [-0.39, 0.29) is 5.91 Å². The topological polar surface area (TPSA) is 48.1 Å². The number of hydrogen-bond acceptors (Lipinski definition) is 2. The van der Waals surface area contributed by atoms with Gasteiger partial charge in [0, 0.05) is 35.4 Å². The first-order chi connectivity index (χ1) is 12.0. The molecule has 0 spiro atoms. The summed E-state index contributed by atoms with van der Waals surface area (Å²) in [4.78, 5) is 18.2. The number of benzene rings is 2. The van der Waals surface area contributed by atoms with Crippen LogP contribution in [0, 0.1) is 13.8 Å². The van der Waals surface area contributed by atoms with Crippen LogP contribution in [0.15, 0.2) is 42.5 Å². The van der Waals surface area contributed by atoms with Gasteiger partial charge in [0.15, 0.2) is 0 Å². The monoisotopic (exact) mass is 335 g/mol. The van der Waals surface area contributed by atoms with Gasteiger partial charge >= 0.3 is 0 Å². The van der Waals surface area contributed by atoms with E-state index in [9.17, 15) is 4.79 Å². The summed E-state index contributed by atoms with van der Waals surface area (Å²) in [6.07, 6.45) is 0. The Morgan fingerprint density at radius 3 is 2.36 bits per heavy atom. The molecular weight excluding hydrogens is 310 g/mol. The summed E-state index contributed by atoms with van der Waals surface area (Å²) >= 11 is 0. The van der Waals surface area contributed by atoms with Gasteiger partial charge in [0.1, 0.15) is 5.69 Å². The maximum atomic E-state index is 12.7. The molecule has 130 valence electrons. The van der Waals surface area contributed by atoms with Crippen LogP contribution in [0.3, 0.4) is 0 Å². The van der Waals surface area contributed by atoms with Crippen molar-refractivity contribution in [2.24, 2.45) is 0 Å². The minimum Gasteiger partial charge on any atom is -0.372 e. The van der Waals surface area contributed by atoms with Crippen LogP contribution < -0.4 is 10.2 Å². The maximum Gasteiger partial charge on any atom is 0.272 e. The number of nitrogens with one attached hydrogen (secondary N) is 2. The highest BCUT2D eigenvalue weighted by atomic mass is 16.1. The van der Waals surface area contributed by atoms with Gasteiger partial charge in [-0.2, -0.15) is 0 Å². The molecule has 0 radical (unpaired) electrons. The van der Waals surface area contributed by atoms with E-state index in [4.69, 9.17) is 0 Å². The van der Waals surface area contributed by atoms with Crippen LogP contribution in [-0.2, 0) is 0 Å². The molecule has 0 atom stereocenters. The average Bonchev–Trinajstić information content (AvgIpc) is 2.94. The third-order valence-electron chi connectivity index (χ3n) is 4.69. The van der Waals surface area contributed by atoms with E-state index in [0.717, 1.165) is 35.2 Å². The van der Waals surface area contributed by atoms with Gasteiger partial charge in [0.2, 0.25) is 0 Å². The molecule has 3 aromatic rings. The van der Waals surface area contributed by atoms with Crippen molar-refractivity contribution < 1.29 is 4.79 Å². The molecule has 0 aliphatic carbocycles. The van der Waals surface area contributed by atoms with E-state index in [0.29, 0.717) is 5.69 Å². The van der Waals surface area contributed by atoms with Gasteiger partial charge < -0.3 is 15.2 Å². The molecule has 2 aromatic carbocycles. The van der Waals surface area contributed by atoms with Crippen LogP contribution in [-0.4, -0.2) is 24.0 Å². The number of H-pyrrole nitrogens is 1. The lowest BCUT2D eigenvalue weighted by molar-refractivity contribution is 0.102. The average molecular weight is 335 g/mol. The van der Waals surface area contributed by atoms with E-state index < -0.39 is 0 Å². The molecule has 2 N–H and O–H groups in total. The highest BCUT2D eigenvalue weighted by Crippen LogP contribution is 2.24.